The number of nitrogens with zero attached hydrogens (tertiary/aromatic N) is 2. The number of nitrogen functional groups attached to an aromatic ring is 1. The summed E-state index contributed by atoms with van der Waals surface area (Å²) in [4.78, 5) is 8.57. The Bertz CT molecular complexity index is 580. The van der Waals surface area contributed by atoms with Gasteiger partial charge in [-0.15, -0.1) is 0 Å². The molecular weight excluding hydrogens is 264 g/mol. The highest BCUT2D eigenvalue weighted by Crippen LogP contribution is 2.26. The molecule has 0 bridgehead atoms. The molecule has 0 fully saturated rings. The van der Waals surface area contributed by atoms with Gasteiger partial charge in [0.05, 0.1) is 0 Å². The Morgan fingerprint density at radius 3 is 2.33 bits per heavy atom. The van der Waals surface area contributed by atoms with Gasteiger partial charge in [0.25, 0.3) is 0 Å². The van der Waals surface area contributed by atoms with E-state index in [1.807, 2.05) is 19.1 Å². The lowest BCUT2D eigenvalue weighted by molar-refractivity contribution is 0.458. The maximum Gasteiger partial charge on any atom is 0.224 e. The number of hydrazine groups is 1. The molecule has 0 radical (unpaired) electrons. The smallest absolute Gasteiger partial charge is 0.224 e. The van der Waals surface area contributed by atoms with E-state index in [9.17, 15) is 0 Å². The van der Waals surface area contributed by atoms with Crippen molar-refractivity contribution in [2.75, 3.05) is 5.43 Å². The van der Waals surface area contributed by atoms with Crippen molar-refractivity contribution in [3.05, 3.63) is 41.7 Å². The molecule has 1 aromatic carbocycles. The average Bonchev–Trinajstić information content (AvgIpc) is 2.46. The molecule has 0 saturated heterocycles. The summed E-state index contributed by atoms with van der Waals surface area (Å²) in [6.07, 6.45) is 0.717. The van der Waals surface area contributed by atoms with Gasteiger partial charge in [-0.05, 0) is 23.1 Å². The number of hydrogen-bond acceptors (Lipinski definition) is 5. The fourth-order valence-electron chi connectivity index (χ4n) is 1.90. The van der Waals surface area contributed by atoms with Gasteiger partial charge < -0.3 is 10.2 Å². The standard InChI is InChI=1S/C16H22N4O/c1-5-13-18-14(20-17)10-15(19-13)21-12-8-6-11(7-9-12)16(2,3)4/h6-10H,5,17H2,1-4H3,(H,18,19,20). The molecule has 3 N–H and O–H groups in total. The van der Waals surface area contributed by atoms with E-state index < -0.39 is 0 Å². The highest BCUT2D eigenvalue weighted by atomic mass is 16.5. The van der Waals surface area contributed by atoms with Gasteiger partial charge >= 0.3 is 0 Å². The Labute approximate surface area is 125 Å². The molecule has 1 aromatic heterocycles. The third kappa shape index (κ3) is 3.92. The van der Waals surface area contributed by atoms with Gasteiger partial charge in [0, 0.05) is 12.5 Å². The number of nitrogens with two attached hydrogens (primary N) is 1. The average molecular weight is 286 g/mol. The first kappa shape index (κ1) is 15.3. The highest BCUT2D eigenvalue weighted by Gasteiger charge is 2.13. The van der Waals surface area contributed by atoms with Crippen LogP contribution in [0, 0.1) is 0 Å². The van der Waals surface area contributed by atoms with Gasteiger partial charge in [-0.1, -0.05) is 39.8 Å². The number of aryl methyl sites for hydroxylation is 1. The van der Waals surface area contributed by atoms with Crippen LogP contribution in [0.4, 0.5) is 5.82 Å². The van der Waals surface area contributed by atoms with Crippen molar-refractivity contribution in [3.8, 4) is 11.6 Å². The Balaban J connectivity index is 2.22. The third-order valence-corrected chi connectivity index (χ3v) is 3.16. The van der Waals surface area contributed by atoms with Crippen LogP contribution in [0.15, 0.2) is 30.3 Å². The summed E-state index contributed by atoms with van der Waals surface area (Å²) in [5, 5.41) is 0. The Hall–Kier alpha value is -2.14. The van der Waals surface area contributed by atoms with Crippen LogP contribution >= 0.6 is 0 Å². The van der Waals surface area contributed by atoms with Crippen LogP contribution in [-0.2, 0) is 11.8 Å². The summed E-state index contributed by atoms with van der Waals surface area (Å²) in [7, 11) is 0. The summed E-state index contributed by atoms with van der Waals surface area (Å²) >= 11 is 0. The quantitative estimate of drug-likeness (QED) is 0.665. The molecule has 21 heavy (non-hydrogen) atoms. The molecule has 0 aliphatic carbocycles. The van der Waals surface area contributed by atoms with Crippen LogP contribution in [0.1, 0.15) is 39.1 Å². The first-order chi connectivity index (χ1) is 9.92. The van der Waals surface area contributed by atoms with Gasteiger partial charge in [-0.2, -0.15) is 4.98 Å². The molecule has 0 aliphatic heterocycles. The monoisotopic (exact) mass is 286 g/mol. The second-order valence-corrected chi connectivity index (χ2v) is 5.88. The summed E-state index contributed by atoms with van der Waals surface area (Å²) in [6, 6.07) is 9.71. The van der Waals surface area contributed by atoms with Gasteiger partial charge in [0.1, 0.15) is 17.4 Å². The van der Waals surface area contributed by atoms with Gasteiger partial charge in [-0.25, -0.2) is 10.8 Å². The first-order valence-electron chi connectivity index (χ1n) is 7.05. The summed E-state index contributed by atoms with van der Waals surface area (Å²) < 4.78 is 5.78. The largest absolute Gasteiger partial charge is 0.439 e. The third-order valence-electron chi connectivity index (χ3n) is 3.16. The van der Waals surface area contributed by atoms with E-state index in [0.29, 0.717) is 17.5 Å². The molecule has 1 heterocycles. The zero-order valence-corrected chi connectivity index (χ0v) is 13.0. The number of benzene rings is 1. The van der Waals surface area contributed by atoms with E-state index in [1.54, 1.807) is 6.07 Å². The SMILES string of the molecule is CCc1nc(NN)cc(Oc2ccc(C(C)(C)C)cc2)n1. The van der Waals surface area contributed by atoms with Gasteiger partial charge in [-0.3, -0.25) is 0 Å². The molecule has 0 atom stereocenters. The predicted molar refractivity (Wildman–Crippen MR) is 84.4 cm³/mol. The molecule has 2 aromatic rings. The van der Waals surface area contributed by atoms with Crippen LogP contribution in [-0.4, -0.2) is 9.97 Å². The van der Waals surface area contributed by atoms with E-state index in [-0.39, 0.29) is 5.41 Å². The second-order valence-electron chi connectivity index (χ2n) is 5.88. The summed E-state index contributed by atoms with van der Waals surface area (Å²) in [6.45, 7) is 8.53. The number of ether oxygens (including phenoxy) is 1. The van der Waals surface area contributed by atoms with Crippen molar-refractivity contribution in [2.24, 2.45) is 5.84 Å². The zero-order valence-electron chi connectivity index (χ0n) is 13.0. The topological polar surface area (TPSA) is 73.1 Å². The molecule has 5 heteroatoms. The second kappa shape index (κ2) is 6.10. The molecule has 0 aliphatic rings. The summed E-state index contributed by atoms with van der Waals surface area (Å²) in [5.41, 5.74) is 3.91. The van der Waals surface area contributed by atoms with E-state index >= 15 is 0 Å². The number of rotatable bonds is 4. The van der Waals surface area contributed by atoms with Crippen molar-refractivity contribution < 1.29 is 4.74 Å². The minimum absolute atomic E-state index is 0.124. The number of nitrogens with one attached hydrogen (secondary N) is 1. The normalized spacial score (nSPS) is 11.3. The molecule has 0 saturated carbocycles. The predicted octanol–water partition coefficient (Wildman–Crippen LogP) is 3.41. The number of aromatic nitrogens is 2. The molecule has 0 amide bonds. The Kier molecular flexibility index (Phi) is 4.43. The fourth-order valence-corrected chi connectivity index (χ4v) is 1.90. The van der Waals surface area contributed by atoms with Gasteiger partial charge in [0.15, 0.2) is 0 Å². The molecule has 0 spiro atoms. The van der Waals surface area contributed by atoms with Crippen LogP contribution < -0.4 is 16.0 Å². The first-order valence-corrected chi connectivity index (χ1v) is 7.05. The number of anilines is 1. The van der Waals surface area contributed by atoms with Crippen LogP contribution in [0.3, 0.4) is 0 Å². The molecule has 0 unspecified atom stereocenters. The van der Waals surface area contributed by atoms with E-state index in [1.165, 1.54) is 5.56 Å². The lowest BCUT2D eigenvalue weighted by atomic mass is 9.87. The zero-order chi connectivity index (χ0) is 15.5. The minimum atomic E-state index is 0.124. The highest BCUT2D eigenvalue weighted by molar-refractivity contribution is 5.39. The maximum atomic E-state index is 5.78. The maximum absolute atomic E-state index is 5.78. The fraction of sp³-hybridized carbons (Fsp3) is 0.375. The van der Waals surface area contributed by atoms with Crippen LogP contribution in [0.2, 0.25) is 0 Å². The van der Waals surface area contributed by atoms with Crippen molar-refractivity contribution in [3.63, 3.8) is 0 Å². The molecular formula is C16H22N4O. The Morgan fingerprint density at radius 2 is 1.81 bits per heavy atom. The molecule has 2 rings (SSSR count). The molecule has 112 valence electrons. The minimum Gasteiger partial charge on any atom is -0.439 e. The summed E-state index contributed by atoms with van der Waals surface area (Å²) in [5.74, 6) is 7.87. The van der Waals surface area contributed by atoms with E-state index in [2.05, 4.69) is 48.3 Å². The van der Waals surface area contributed by atoms with Crippen LogP contribution in [0.5, 0.6) is 11.6 Å². The van der Waals surface area contributed by atoms with Crippen molar-refractivity contribution in [1.82, 2.24) is 9.97 Å². The van der Waals surface area contributed by atoms with Crippen LogP contribution in [0.25, 0.3) is 0 Å². The number of hydrogen-bond donors (Lipinski definition) is 2. The van der Waals surface area contributed by atoms with Gasteiger partial charge in [0.2, 0.25) is 5.88 Å². The van der Waals surface area contributed by atoms with Crippen molar-refractivity contribution in [2.45, 2.75) is 39.5 Å². The lowest BCUT2D eigenvalue weighted by Gasteiger charge is -2.19. The van der Waals surface area contributed by atoms with E-state index in [4.69, 9.17) is 10.6 Å². The van der Waals surface area contributed by atoms with Crippen molar-refractivity contribution >= 4 is 5.82 Å². The Morgan fingerprint density at radius 1 is 1.14 bits per heavy atom. The lowest BCUT2D eigenvalue weighted by Crippen LogP contribution is -2.11. The van der Waals surface area contributed by atoms with E-state index in [0.717, 1.165) is 12.2 Å². The van der Waals surface area contributed by atoms with Crippen molar-refractivity contribution in [1.29, 1.82) is 0 Å². The molecule has 5 nitrogen and oxygen atoms in total.